The van der Waals surface area contributed by atoms with Crippen LogP contribution < -0.4 is 5.32 Å². The van der Waals surface area contributed by atoms with Gasteiger partial charge in [-0.2, -0.15) is 11.8 Å². The van der Waals surface area contributed by atoms with Crippen LogP contribution in [0.25, 0.3) is 0 Å². The molecule has 2 heterocycles. The molecule has 0 aromatic heterocycles. The van der Waals surface area contributed by atoms with Crippen LogP contribution in [0.4, 0.5) is 0 Å². The zero-order valence-corrected chi connectivity index (χ0v) is 14.4. The lowest BCUT2D eigenvalue weighted by Crippen LogP contribution is -2.58. The first-order chi connectivity index (χ1) is 9.97. The van der Waals surface area contributed by atoms with E-state index in [1.165, 1.54) is 0 Å². The van der Waals surface area contributed by atoms with Crippen LogP contribution in [-0.4, -0.2) is 85.5 Å². The zero-order chi connectivity index (χ0) is 15.5. The van der Waals surface area contributed by atoms with Gasteiger partial charge in [0.15, 0.2) is 9.84 Å². The van der Waals surface area contributed by atoms with Gasteiger partial charge in [0, 0.05) is 50.0 Å². The SMILES string of the molecule is CCS(=O)(=O)C1CSCCN1C(C)C(=O)N1CCNCC1. The molecule has 0 saturated carbocycles. The number of piperazine rings is 1. The normalized spacial score (nSPS) is 26.6. The quantitative estimate of drug-likeness (QED) is 0.755. The molecule has 122 valence electrons. The zero-order valence-electron chi connectivity index (χ0n) is 12.7. The molecule has 2 aliphatic heterocycles. The highest BCUT2D eigenvalue weighted by atomic mass is 32.2. The summed E-state index contributed by atoms with van der Waals surface area (Å²) in [4.78, 5) is 16.3. The molecule has 6 nitrogen and oxygen atoms in total. The van der Waals surface area contributed by atoms with E-state index in [4.69, 9.17) is 0 Å². The third kappa shape index (κ3) is 3.91. The van der Waals surface area contributed by atoms with E-state index in [0.29, 0.717) is 25.4 Å². The average molecular weight is 335 g/mol. The van der Waals surface area contributed by atoms with Gasteiger partial charge in [0.1, 0.15) is 5.37 Å². The molecular formula is C13H25N3O3S2. The number of rotatable bonds is 4. The van der Waals surface area contributed by atoms with Crippen LogP contribution in [0.15, 0.2) is 0 Å². The predicted molar refractivity (Wildman–Crippen MR) is 86.2 cm³/mol. The third-order valence-corrected chi connectivity index (χ3v) is 7.53. The Morgan fingerprint density at radius 3 is 2.62 bits per heavy atom. The minimum absolute atomic E-state index is 0.0553. The van der Waals surface area contributed by atoms with Crippen molar-refractivity contribution >= 4 is 27.5 Å². The van der Waals surface area contributed by atoms with Crippen LogP contribution in [0.2, 0.25) is 0 Å². The summed E-state index contributed by atoms with van der Waals surface area (Å²) in [6.45, 7) is 7.21. The fourth-order valence-corrected chi connectivity index (χ4v) is 5.93. The molecule has 1 N–H and O–H groups in total. The number of hydrogen-bond donors (Lipinski definition) is 1. The fraction of sp³-hybridized carbons (Fsp3) is 0.923. The van der Waals surface area contributed by atoms with Gasteiger partial charge < -0.3 is 10.2 Å². The van der Waals surface area contributed by atoms with E-state index < -0.39 is 15.2 Å². The summed E-state index contributed by atoms with van der Waals surface area (Å²) in [5, 5.41) is 2.70. The van der Waals surface area contributed by atoms with Crippen LogP contribution >= 0.6 is 11.8 Å². The van der Waals surface area contributed by atoms with Gasteiger partial charge in [-0.15, -0.1) is 0 Å². The Morgan fingerprint density at radius 1 is 1.33 bits per heavy atom. The van der Waals surface area contributed by atoms with Crippen LogP contribution in [0.1, 0.15) is 13.8 Å². The number of sulfone groups is 1. The first kappa shape index (κ1) is 17.1. The molecule has 0 radical (unpaired) electrons. The molecule has 0 bridgehead atoms. The summed E-state index contributed by atoms with van der Waals surface area (Å²) in [6.07, 6.45) is 0. The van der Waals surface area contributed by atoms with Crippen molar-refractivity contribution in [1.82, 2.24) is 15.1 Å². The lowest BCUT2D eigenvalue weighted by Gasteiger charge is -2.40. The minimum atomic E-state index is -3.16. The van der Waals surface area contributed by atoms with Gasteiger partial charge >= 0.3 is 0 Å². The largest absolute Gasteiger partial charge is 0.339 e. The lowest BCUT2D eigenvalue weighted by molar-refractivity contribution is -0.137. The summed E-state index contributed by atoms with van der Waals surface area (Å²) >= 11 is 1.66. The minimum Gasteiger partial charge on any atom is -0.339 e. The molecule has 8 heteroatoms. The number of nitrogens with one attached hydrogen (secondary N) is 1. The van der Waals surface area contributed by atoms with E-state index >= 15 is 0 Å². The summed E-state index contributed by atoms with van der Waals surface area (Å²) in [5.74, 6) is 1.63. The molecule has 0 aliphatic carbocycles. The van der Waals surface area contributed by atoms with E-state index in [-0.39, 0.29) is 17.7 Å². The Bertz CT molecular complexity index is 463. The number of carbonyl (C=O) groups is 1. The first-order valence-corrected chi connectivity index (χ1v) is 10.4. The van der Waals surface area contributed by atoms with Crippen LogP contribution in [-0.2, 0) is 14.6 Å². The first-order valence-electron chi connectivity index (χ1n) is 7.52. The second-order valence-corrected chi connectivity index (χ2v) is 9.07. The van der Waals surface area contributed by atoms with E-state index in [2.05, 4.69) is 5.32 Å². The molecule has 2 saturated heterocycles. The lowest BCUT2D eigenvalue weighted by atomic mass is 10.2. The smallest absolute Gasteiger partial charge is 0.239 e. The number of nitrogens with zero attached hydrogens (tertiary/aromatic N) is 2. The molecule has 0 aromatic rings. The van der Waals surface area contributed by atoms with Gasteiger partial charge in [0.2, 0.25) is 5.91 Å². The maximum atomic E-state index is 12.6. The maximum Gasteiger partial charge on any atom is 0.239 e. The number of thioether (sulfide) groups is 1. The highest BCUT2D eigenvalue weighted by Gasteiger charge is 2.38. The third-order valence-electron chi connectivity index (χ3n) is 4.22. The second kappa shape index (κ2) is 7.30. The molecular weight excluding hydrogens is 310 g/mol. The summed E-state index contributed by atoms with van der Waals surface area (Å²) in [6, 6.07) is -0.365. The van der Waals surface area contributed by atoms with Gasteiger partial charge in [-0.05, 0) is 6.92 Å². The van der Waals surface area contributed by atoms with Crippen molar-refractivity contribution in [3.05, 3.63) is 0 Å². The summed E-state index contributed by atoms with van der Waals surface area (Å²) < 4.78 is 24.6. The Morgan fingerprint density at radius 2 is 2.00 bits per heavy atom. The number of amides is 1. The van der Waals surface area contributed by atoms with E-state index in [1.807, 2.05) is 16.7 Å². The summed E-state index contributed by atoms with van der Waals surface area (Å²) in [5.41, 5.74) is 0. The second-order valence-electron chi connectivity index (χ2n) is 5.47. The average Bonchev–Trinajstić information content (AvgIpc) is 2.54. The maximum absolute atomic E-state index is 12.6. The van der Waals surface area contributed by atoms with Crippen molar-refractivity contribution in [2.24, 2.45) is 0 Å². The molecule has 2 fully saturated rings. The van der Waals surface area contributed by atoms with Gasteiger partial charge in [0.25, 0.3) is 0 Å². The number of hydrogen-bond acceptors (Lipinski definition) is 6. The molecule has 2 aliphatic rings. The van der Waals surface area contributed by atoms with Gasteiger partial charge in [-0.25, -0.2) is 8.42 Å². The van der Waals surface area contributed by atoms with Crippen molar-refractivity contribution in [3.63, 3.8) is 0 Å². The van der Waals surface area contributed by atoms with E-state index in [1.54, 1.807) is 18.7 Å². The van der Waals surface area contributed by atoms with Crippen molar-refractivity contribution in [2.75, 3.05) is 50.0 Å². The highest BCUT2D eigenvalue weighted by molar-refractivity contribution is 8.01. The van der Waals surface area contributed by atoms with Crippen molar-refractivity contribution in [1.29, 1.82) is 0 Å². The van der Waals surface area contributed by atoms with Gasteiger partial charge in [0.05, 0.1) is 6.04 Å². The molecule has 0 aromatic carbocycles. The highest BCUT2D eigenvalue weighted by Crippen LogP contribution is 2.24. The van der Waals surface area contributed by atoms with E-state index in [9.17, 15) is 13.2 Å². The molecule has 0 spiro atoms. The van der Waals surface area contributed by atoms with Gasteiger partial charge in [-0.3, -0.25) is 9.69 Å². The Hall–Kier alpha value is -0.310. The van der Waals surface area contributed by atoms with Crippen molar-refractivity contribution in [2.45, 2.75) is 25.3 Å². The molecule has 1 amide bonds. The molecule has 21 heavy (non-hydrogen) atoms. The summed E-state index contributed by atoms with van der Waals surface area (Å²) in [7, 11) is -3.16. The Labute approximate surface area is 131 Å². The molecule has 2 unspecified atom stereocenters. The van der Waals surface area contributed by atoms with Crippen LogP contribution in [0, 0.1) is 0 Å². The van der Waals surface area contributed by atoms with E-state index in [0.717, 1.165) is 18.8 Å². The topological polar surface area (TPSA) is 69.7 Å². The fourth-order valence-electron chi connectivity index (χ4n) is 2.83. The number of carbonyl (C=O) groups excluding carboxylic acids is 1. The van der Waals surface area contributed by atoms with Crippen LogP contribution in [0.5, 0.6) is 0 Å². The van der Waals surface area contributed by atoms with Crippen molar-refractivity contribution in [3.8, 4) is 0 Å². The van der Waals surface area contributed by atoms with Crippen LogP contribution in [0.3, 0.4) is 0 Å². The predicted octanol–water partition coefficient (Wildman–Crippen LogP) is -0.384. The standard InChI is InChI=1S/C13H25N3O3S2/c1-3-21(18,19)12-10-20-9-8-16(12)11(2)13(17)15-6-4-14-5-7-15/h11-12,14H,3-10H2,1-2H3. The monoisotopic (exact) mass is 335 g/mol. The Kier molecular flexibility index (Phi) is 5.93. The Balaban J connectivity index is 2.11. The molecule has 2 rings (SSSR count). The van der Waals surface area contributed by atoms with Gasteiger partial charge in [-0.1, -0.05) is 6.92 Å². The molecule has 2 atom stereocenters. The van der Waals surface area contributed by atoms with Crippen molar-refractivity contribution < 1.29 is 13.2 Å².